The number of hydrogen-bond acceptors (Lipinski definition) is 5. The lowest BCUT2D eigenvalue weighted by Crippen LogP contribution is -2.46. The molecule has 1 amide bonds. The Hall–Kier alpha value is -1.64. The maximum atomic E-state index is 12.7. The minimum atomic E-state index is -3.36. The summed E-state index contributed by atoms with van der Waals surface area (Å²) in [6.07, 6.45) is 2.96. The number of morpholine rings is 1. The van der Waals surface area contributed by atoms with E-state index in [9.17, 15) is 13.2 Å². The monoisotopic (exact) mass is 437 g/mol. The molecule has 0 aromatic heterocycles. The molecule has 7 nitrogen and oxygen atoms in total. The molecule has 8 heteroatoms. The van der Waals surface area contributed by atoms with Gasteiger partial charge in [0.25, 0.3) is 0 Å². The van der Waals surface area contributed by atoms with Gasteiger partial charge in [-0.05, 0) is 77.6 Å². The number of amides is 1. The highest BCUT2D eigenvalue weighted by Gasteiger charge is 2.34. The number of ether oxygens (including phenoxy) is 1. The molecule has 1 heterocycles. The lowest BCUT2D eigenvalue weighted by atomic mass is 9.86. The van der Waals surface area contributed by atoms with Gasteiger partial charge >= 0.3 is 0 Å². The number of nitrogens with one attached hydrogen (secondary N) is 2. The maximum absolute atomic E-state index is 12.7. The summed E-state index contributed by atoms with van der Waals surface area (Å²) >= 11 is 0. The van der Waals surface area contributed by atoms with Crippen LogP contribution >= 0.6 is 0 Å². The van der Waals surface area contributed by atoms with E-state index in [1.54, 1.807) is 20.8 Å². The average molecular weight is 438 g/mol. The van der Waals surface area contributed by atoms with Gasteiger partial charge in [-0.25, -0.2) is 13.1 Å². The number of carbonyl (C=O) groups excluding carboxylic acids is 1. The standard InChI is InChI=1S/C22H35N3O4S/c1-16-15-25(13-14-29-16)20-11-9-18(10-12-20)23-21(26)17-5-7-19(8-6-17)24-30(27,28)22(2,3)4/h9-12,16-17,19,24H,5-8,13-15H2,1-4H3,(H,23,26)/t16-,17?,19?/m1/s1. The van der Waals surface area contributed by atoms with Crippen LogP contribution in [0.2, 0.25) is 0 Å². The Bertz CT molecular complexity index is 825. The number of hydrogen-bond donors (Lipinski definition) is 2. The van der Waals surface area contributed by atoms with Gasteiger partial charge in [-0.1, -0.05) is 0 Å². The van der Waals surface area contributed by atoms with E-state index in [-0.39, 0.29) is 24.0 Å². The molecule has 1 aromatic rings. The zero-order valence-electron chi connectivity index (χ0n) is 18.5. The highest BCUT2D eigenvalue weighted by molar-refractivity contribution is 7.90. The Balaban J connectivity index is 1.49. The van der Waals surface area contributed by atoms with Crippen molar-refractivity contribution in [3.63, 3.8) is 0 Å². The van der Waals surface area contributed by atoms with Crippen LogP contribution in [0.15, 0.2) is 24.3 Å². The smallest absolute Gasteiger partial charge is 0.227 e. The van der Waals surface area contributed by atoms with Gasteiger partial charge in [0.1, 0.15) is 0 Å². The molecule has 3 rings (SSSR count). The van der Waals surface area contributed by atoms with Crippen LogP contribution in [0.1, 0.15) is 53.4 Å². The molecule has 0 spiro atoms. The van der Waals surface area contributed by atoms with Crippen molar-refractivity contribution < 1.29 is 17.9 Å². The molecule has 1 atom stereocenters. The number of nitrogens with zero attached hydrogens (tertiary/aromatic N) is 1. The van der Waals surface area contributed by atoms with Crippen molar-refractivity contribution in [2.24, 2.45) is 5.92 Å². The molecule has 1 aliphatic carbocycles. The van der Waals surface area contributed by atoms with Gasteiger partial charge in [0, 0.05) is 36.4 Å². The highest BCUT2D eigenvalue weighted by atomic mass is 32.2. The average Bonchev–Trinajstić information content (AvgIpc) is 2.68. The summed E-state index contributed by atoms with van der Waals surface area (Å²) in [6, 6.07) is 7.86. The van der Waals surface area contributed by atoms with E-state index in [2.05, 4.69) is 21.9 Å². The van der Waals surface area contributed by atoms with Crippen molar-refractivity contribution >= 4 is 27.3 Å². The van der Waals surface area contributed by atoms with E-state index in [4.69, 9.17) is 4.74 Å². The van der Waals surface area contributed by atoms with E-state index < -0.39 is 14.8 Å². The second kappa shape index (κ2) is 9.24. The van der Waals surface area contributed by atoms with Crippen molar-refractivity contribution in [2.75, 3.05) is 29.9 Å². The number of benzene rings is 1. The van der Waals surface area contributed by atoms with Crippen molar-refractivity contribution in [1.82, 2.24) is 4.72 Å². The molecule has 2 fully saturated rings. The first-order valence-corrected chi connectivity index (χ1v) is 12.3. The van der Waals surface area contributed by atoms with Gasteiger partial charge in [0.05, 0.1) is 17.5 Å². The predicted octanol–water partition coefficient (Wildman–Crippen LogP) is 3.13. The molecule has 0 unspecified atom stereocenters. The molecular formula is C22H35N3O4S. The fourth-order valence-corrected chi connectivity index (χ4v) is 4.95. The summed E-state index contributed by atoms with van der Waals surface area (Å²) in [5.74, 6) is -0.0694. The minimum Gasteiger partial charge on any atom is -0.375 e. The highest BCUT2D eigenvalue weighted by Crippen LogP contribution is 2.28. The Morgan fingerprint density at radius 3 is 2.30 bits per heavy atom. The summed E-state index contributed by atoms with van der Waals surface area (Å²) in [5.41, 5.74) is 1.93. The van der Waals surface area contributed by atoms with Gasteiger partial charge in [-0.15, -0.1) is 0 Å². The largest absolute Gasteiger partial charge is 0.375 e. The summed E-state index contributed by atoms with van der Waals surface area (Å²) in [7, 11) is -3.36. The summed E-state index contributed by atoms with van der Waals surface area (Å²) in [6.45, 7) is 9.63. The van der Waals surface area contributed by atoms with Crippen LogP contribution < -0.4 is 14.9 Å². The molecule has 168 valence electrons. The molecule has 1 aliphatic heterocycles. The summed E-state index contributed by atoms with van der Waals surface area (Å²) in [4.78, 5) is 15.0. The van der Waals surface area contributed by atoms with Gasteiger partial charge in [-0.3, -0.25) is 4.79 Å². The first-order chi connectivity index (χ1) is 14.0. The minimum absolute atomic E-state index is 0.0138. The lowest BCUT2D eigenvalue weighted by molar-refractivity contribution is -0.120. The molecule has 2 N–H and O–H groups in total. The second-order valence-electron chi connectivity index (χ2n) is 9.45. The van der Waals surface area contributed by atoms with Crippen molar-refractivity contribution in [1.29, 1.82) is 0 Å². The van der Waals surface area contributed by atoms with Crippen LogP contribution in [0.5, 0.6) is 0 Å². The third-order valence-electron chi connectivity index (χ3n) is 5.97. The molecule has 30 heavy (non-hydrogen) atoms. The number of anilines is 2. The summed E-state index contributed by atoms with van der Waals surface area (Å²) < 4.78 is 32.2. The van der Waals surface area contributed by atoms with Gasteiger partial charge in [0.15, 0.2) is 0 Å². The van der Waals surface area contributed by atoms with E-state index >= 15 is 0 Å². The van der Waals surface area contributed by atoms with E-state index in [1.807, 2.05) is 24.3 Å². The zero-order valence-corrected chi connectivity index (χ0v) is 19.3. The van der Waals surface area contributed by atoms with E-state index in [0.29, 0.717) is 25.7 Å². The molecular weight excluding hydrogens is 402 g/mol. The maximum Gasteiger partial charge on any atom is 0.227 e. The third kappa shape index (κ3) is 5.74. The third-order valence-corrected chi connectivity index (χ3v) is 8.22. The fraction of sp³-hybridized carbons (Fsp3) is 0.682. The molecule has 1 saturated heterocycles. The SMILES string of the molecule is C[C@@H]1CN(c2ccc(NC(=O)C3CCC(NS(=O)(=O)C(C)(C)C)CC3)cc2)CCO1. The number of carbonyl (C=O) groups is 1. The van der Waals surface area contributed by atoms with E-state index in [1.165, 1.54) is 0 Å². The van der Waals surface area contributed by atoms with Crippen LogP contribution in [0.3, 0.4) is 0 Å². The molecule has 2 aliphatic rings. The van der Waals surface area contributed by atoms with Crippen molar-refractivity contribution in [3.8, 4) is 0 Å². The van der Waals surface area contributed by atoms with Crippen LogP contribution in [-0.2, 0) is 19.6 Å². The van der Waals surface area contributed by atoms with Gasteiger partial charge < -0.3 is 15.0 Å². The normalized spacial score (nSPS) is 25.7. The first kappa shape index (κ1) is 23.0. The van der Waals surface area contributed by atoms with Crippen LogP contribution in [0.25, 0.3) is 0 Å². The molecule has 0 radical (unpaired) electrons. The summed E-state index contributed by atoms with van der Waals surface area (Å²) in [5, 5.41) is 3.02. The van der Waals surface area contributed by atoms with Crippen molar-refractivity contribution in [3.05, 3.63) is 24.3 Å². The topological polar surface area (TPSA) is 87.7 Å². The Morgan fingerprint density at radius 1 is 1.10 bits per heavy atom. The predicted molar refractivity (Wildman–Crippen MR) is 120 cm³/mol. The number of rotatable bonds is 5. The van der Waals surface area contributed by atoms with Gasteiger partial charge in [0.2, 0.25) is 15.9 Å². The molecule has 0 bridgehead atoms. The van der Waals surface area contributed by atoms with Crippen LogP contribution in [0.4, 0.5) is 11.4 Å². The Kier molecular flexibility index (Phi) is 7.09. The number of sulfonamides is 1. The van der Waals surface area contributed by atoms with Gasteiger partial charge in [-0.2, -0.15) is 0 Å². The van der Waals surface area contributed by atoms with Crippen molar-refractivity contribution in [2.45, 2.75) is 70.3 Å². The lowest BCUT2D eigenvalue weighted by Gasteiger charge is -2.33. The quantitative estimate of drug-likeness (QED) is 0.739. The fourth-order valence-electron chi connectivity index (χ4n) is 3.92. The van der Waals surface area contributed by atoms with Crippen LogP contribution in [0, 0.1) is 5.92 Å². The van der Waals surface area contributed by atoms with Crippen LogP contribution in [-0.4, -0.2) is 50.9 Å². The molecule has 1 aromatic carbocycles. The Morgan fingerprint density at radius 2 is 1.73 bits per heavy atom. The second-order valence-corrected chi connectivity index (χ2v) is 11.9. The zero-order chi connectivity index (χ0) is 21.9. The first-order valence-electron chi connectivity index (χ1n) is 10.8. The molecule has 1 saturated carbocycles. The van der Waals surface area contributed by atoms with E-state index in [0.717, 1.165) is 31.1 Å². The Labute approximate surface area is 180 Å².